The Balaban J connectivity index is 0.000000120. The van der Waals surface area contributed by atoms with Crippen LogP contribution in [0.2, 0.25) is 0 Å². The summed E-state index contributed by atoms with van der Waals surface area (Å²) in [6.45, 7) is 38.7. The Morgan fingerprint density at radius 3 is 1.34 bits per heavy atom. The molecule has 5 nitrogen and oxygen atoms in total. The lowest BCUT2D eigenvalue weighted by Crippen LogP contribution is -2.36. The van der Waals surface area contributed by atoms with Gasteiger partial charge in [0.2, 0.25) is 28.5 Å². The third-order valence-corrected chi connectivity index (χ3v) is 27.2. The molecule has 5 heteroatoms. The molecule has 18 rings (SSSR count). The zero-order valence-corrected chi connectivity index (χ0v) is 69.4. The number of fused-ring (bicyclic) bond motifs is 17. The van der Waals surface area contributed by atoms with Crippen LogP contribution in [0.1, 0.15) is 293 Å². The van der Waals surface area contributed by atoms with Crippen molar-refractivity contribution in [2.45, 2.75) is 266 Å². The molecule has 5 aromatic heterocycles. The van der Waals surface area contributed by atoms with Gasteiger partial charge in [0.15, 0.2) is 31.0 Å². The van der Waals surface area contributed by atoms with Crippen molar-refractivity contribution in [3.05, 3.63) is 264 Å². The molecule has 0 spiro atoms. The van der Waals surface area contributed by atoms with E-state index in [0.29, 0.717) is 24.0 Å². The quantitative estimate of drug-likeness (QED) is 0.153. The van der Waals surface area contributed by atoms with Crippen molar-refractivity contribution in [1.82, 2.24) is 0 Å². The summed E-state index contributed by atoms with van der Waals surface area (Å²) >= 11 is 0. The second kappa shape index (κ2) is 27.5. The van der Waals surface area contributed by atoms with Crippen LogP contribution < -0.4 is 22.8 Å². The van der Waals surface area contributed by atoms with Gasteiger partial charge in [-0.15, -0.1) is 0 Å². The fourth-order valence-corrected chi connectivity index (χ4v) is 22.0. The van der Waals surface area contributed by atoms with E-state index in [0.717, 1.165) is 81.4 Å². The van der Waals surface area contributed by atoms with Gasteiger partial charge in [-0.05, 0) is 276 Å². The minimum Gasteiger partial charge on any atom is -0.201 e. The summed E-state index contributed by atoms with van der Waals surface area (Å²) in [6, 6.07) is 42.4. The second-order valence-corrected chi connectivity index (χ2v) is 37.4. The first kappa shape index (κ1) is 64.8. The number of aromatic nitrogens is 5. The van der Waals surface area contributed by atoms with Gasteiger partial charge in [0.05, 0.1) is 0 Å². The summed E-state index contributed by atoms with van der Waals surface area (Å²) in [6.07, 6.45) is 21.6. The van der Waals surface area contributed by atoms with Gasteiger partial charge in [-0.2, -0.15) is 0 Å². The molecule has 0 saturated heterocycles. The van der Waals surface area contributed by atoms with Crippen molar-refractivity contribution >= 4 is 0 Å². The first-order valence-corrected chi connectivity index (χ1v) is 39.9. The Labute approximate surface area is 658 Å². The van der Waals surface area contributed by atoms with Crippen molar-refractivity contribution in [1.29, 1.82) is 0 Å². The second-order valence-electron chi connectivity index (χ2n) is 37.4. The molecule has 0 aliphatic heterocycles. The van der Waals surface area contributed by atoms with E-state index in [-0.39, 0.29) is 32.5 Å². The molecule has 556 valence electrons. The topological polar surface area (TPSA) is 19.4 Å². The lowest BCUT2D eigenvalue weighted by Gasteiger charge is -2.34. The minimum absolute atomic E-state index is 0.0283. The molecule has 107 heavy (non-hydrogen) atoms. The number of hydrogen-bond donors (Lipinski definition) is 0. The molecule has 8 aliphatic carbocycles. The summed E-state index contributed by atoms with van der Waals surface area (Å²) in [4.78, 5) is 0. The number of rotatable bonds is 5. The Morgan fingerprint density at radius 1 is 0.355 bits per heavy atom. The van der Waals surface area contributed by atoms with Gasteiger partial charge < -0.3 is 0 Å². The van der Waals surface area contributed by atoms with Crippen LogP contribution in [0.4, 0.5) is 0 Å². The van der Waals surface area contributed by atoms with Gasteiger partial charge in [0, 0.05) is 104 Å². The third kappa shape index (κ3) is 13.2. The Bertz CT molecular complexity index is 5650. The highest BCUT2D eigenvalue weighted by Crippen LogP contribution is 2.68. The van der Waals surface area contributed by atoms with E-state index in [4.69, 9.17) is 11.0 Å². The highest BCUT2D eigenvalue weighted by Gasteiger charge is 2.61. The zero-order valence-electron chi connectivity index (χ0n) is 78.4. The van der Waals surface area contributed by atoms with Crippen LogP contribution in [-0.2, 0) is 62.3 Å². The summed E-state index contributed by atoms with van der Waals surface area (Å²) in [5, 5.41) is 0. The van der Waals surface area contributed by atoms with Crippen LogP contribution in [0.5, 0.6) is 0 Å². The molecule has 5 heterocycles. The maximum absolute atomic E-state index is 9.30. The lowest BCUT2D eigenvalue weighted by atomic mass is 9.69. The van der Waals surface area contributed by atoms with Gasteiger partial charge in [-0.25, -0.2) is 22.8 Å². The largest absolute Gasteiger partial charge is 0.216 e. The van der Waals surface area contributed by atoms with Gasteiger partial charge in [-0.1, -0.05) is 165 Å². The van der Waals surface area contributed by atoms with Crippen LogP contribution in [0.3, 0.4) is 0 Å². The highest BCUT2D eigenvalue weighted by molar-refractivity contribution is 5.72. The smallest absolute Gasteiger partial charge is 0.201 e. The zero-order chi connectivity index (χ0) is 84.6. The maximum atomic E-state index is 9.30. The molecule has 3 fully saturated rings. The van der Waals surface area contributed by atoms with Gasteiger partial charge in [0.1, 0.15) is 35.2 Å². The molecule has 0 amide bonds. The molecular weight excluding hydrogens is 1300 g/mol. The molecular formula is C102H128N5+5. The number of pyridine rings is 5. The van der Waals surface area contributed by atoms with Gasteiger partial charge in [0.25, 0.3) is 0 Å². The number of hydrogen-bond acceptors (Lipinski definition) is 0. The summed E-state index contributed by atoms with van der Waals surface area (Å²) in [5.41, 5.74) is 37.6. The molecule has 6 atom stereocenters. The molecule has 5 aromatic carbocycles. The first-order valence-electron chi connectivity index (χ1n) is 44.4. The summed E-state index contributed by atoms with van der Waals surface area (Å²) < 4.78 is 83.8. The normalized spacial score (nSPS) is 25.6. The fourth-order valence-electron chi connectivity index (χ4n) is 22.0. The van der Waals surface area contributed by atoms with E-state index in [1.54, 1.807) is 35.4 Å². The van der Waals surface area contributed by atoms with E-state index in [1.165, 1.54) is 127 Å². The number of nitrogens with zero attached hydrogens (tertiary/aromatic N) is 5. The van der Waals surface area contributed by atoms with Crippen molar-refractivity contribution in [3.8, 4) is 56.3 Å². The van der Waals surface area contributed by atoms with Crippen molar-refractivity contribution in [3.63, 3.8) is 0 Å². The minimum atomic E-state index is -2.12. The van der Waals surface area contributed by atoms with E-state index in [1.807, 2.05) is 56.9 Å². The Kier molecular flexibility index (Phi) is 16.6. The van der Waals surface area contributed by atoms with Crippen LogP contribution >= 0.6 is 0 Å². The van der Waals surface area contributed by atoms with E-state index in [2.05, 4.69) is 261 Å². The molecule has 8 aliphatic rings. The summed E-state index contributed by atoms with van der Waals surface area (Å²) in [5.74, 6) is -0.279. The average molecular weight is 1430 g/mol. The van der Waals surface area contributed by atoms with Crippen LogP contribution in [-0.4, -0.2) is 0 Å². The molecule has 6 unspecified atom stereocenters. The molecule has 0 N–H and O–H groups in total. The molecule has 0 radical (unpaired) electrons. The van der Waals surface area contributed by atoms with Crippen molar-refractivity contribution in [2.75, 3.05) is 0 Å². The lowest BCUT2D eigenvalue weighted by molar-refractivity contribution is -0.661. The maximum Gasteiger partial charge on any atom is 0.216 e. The first-order chi connectivity index (χ1) is 53.8. The summed E-state index contributed by atoms with van der Waals surface area (Å²) in [7, 11) is 10.6. The van der Waals surface area contributed by atoms with Crippen molar-refractivity contribution in [2.24, 2.45) is 40.7 Å². The highest BCUT2D eigenvalue weighted by atomic mass is 15.0. The van der Waals surface area contributed by atoms with Gasteiger partial charge in [-0.3, -0.25) is 0 Å². The van der Waals surface area contributed by atoms with E-state index < -0.39 is 31.4 Å². The standard InChI is InChI=1S/C22H28N.2C21H28N.2C19H22N/c1-14-7-8-16(15(2)11-14)20-12-17-18-9-10-22(5,21(18,3)4)19(17)13-23(20)6;1-14-8-9-16(15(2)10-14)19-11-17-18(12-22(19)7)21(5,6)13-20(17,3)4;1-14-8-9-16(15(2)12-14)19-18-17(10-11-22(19)7)20(3,4)13-21(18,5)6;2*1-12-4-7-16(13(2)10-12)19-18-15-6-5-14(11-15)17(18)8-9-20(19)3/h7-8,11-13,18H,9-10H2,1-6H3;2*8-12H,13H2,1-7H3;2*4,7-10,14-15H,5-6,11H2,1-3H3/q5*+1/i1D3,18D;;;1D3,14D,15D;. The average Bonchev–Trinajstić information content (AvgIpc) is 1.50. The molecule has 10 aromatic rings. The van der Waals surface area contributed by atoms with Crippen LogP contribution in [0.25, 0.3) is 56.3 Å². The monoisotopic (exact) mass is 1430 g/mol. The van der Waals surface area contributed by atoms with Crippen LogP contribution in [0.15, 0.2) is 152 Å². The van der Waals surface area contributed by atoms with Crippen LogP contribution in [0, 0.1) is 74.5 Å². The van der Waals surface area contributed by atoms with Gasteiger partial charge >= 0.3 is 0 Å². The van der Waals surface area contributed by atoms with Crippen molar-refractivity contribution < 1.29 is 35.2 Å². The van der Waals surface area contributed by atoms with E-state index >= 15 is 0 Å². The van der Waals surface area contributed by atoms with E-state index in [9.17, 15) is 1.37 Å². The number of benzene rings is 5. The Hall–Kier alpha value is -8.15. The predicted octanol–water partition coefficient (Wildman–Crippen LogP) is 22.8. The Morgan fingerprint density at radius 2 is 0.785 bits per heavy atom. The molecule has 3 saturated carbocycles. The SMILES string of the molecule is Cc1ccc(-c2c3c(cc[n+]2C)C(C)(C)CC3(C)C)c(C)c1.Cc1ccc(-c2c3c(cc[n+]2C)C2CCC3C2)c(C)c1.Cc1ccc(-c2cc3c(c[n+]2C)C(C)(C)CC3(C)C)c(C)c1.[2H]C([2H])([2H])c1ccc(-c2c3c(cc[n+]2C)C2([2H])CCC3([2H])C2)c(C)c1.[2H]C([2H])([2H])c1ccc(-c2cc3c(c[n+]2C)C2(C)CCC3([2H])C2(C)C)c(C)c1. The third-order valence-electron chi connectivity index (χ3n) is 27.2. The number of aryl methyl sites for hydroxylation is 15. The molecule has 6 bridgehead atoms. The predicted molar refractivity (Wildman–Crippen MR) is 446 cm³/mol. The fraction of sp³-hybridized carbons (Fsp3) is 0.461.